The number of piperidine rings is 1. The molecule has 0 spiro atoms. The number of amides is 1. The predicted octanol–water partition coefficient (Wildman–Crippen LogP) is 0.832. The first-order chi connectivity index (χ1) is 8.65. The van der Waals surface area contributed by atoms with Gasteiger partial charge in [0.05, 0.1) is 11.3 Å². The number of hydrogen-bond donors (Lipinski definition) is 1. The molecule has 0 bridgehead atoms. The van der Waals surface area contributed by atoms with Gasteiger partial charge in [-0.2, -0.15) is 5.10 Å². The molecule has 0 aliphatic carbocycles. The Kier molecular flexibility index (Phi) is 4.16. The third kappa shape index (κ3) is 2.62. The van der Waals surface area contributed by atoms with Gasteiger partial charge in [-0.25, -0.2) is 0 Å². The summed E-state index contributed by atoms with van der Waals surface area (Å²) in [5.41, 5.74) is 1.58. The normalized spacial score (nSPS) is 25.9. The largest absolute Gasteiger partial charge is 0.338 e. The summed E-state index contributed by atoms with van der Waals surface area (Å²) in [4.78, 5) is 14.5. The van der Waals surface area contributed by atoms with Gasteiger partial charge in [0, 0.05) is 26.3 Å². The van der Waals surface area contributed by atoms with Gasteiger partial charge in [-0.15, -0.1) is 12.4 Å². The number of hydrogen-bond acceptors (Lipinski definition) is 3. The first-order valence-corrected chi connectivity index (χ1v) is 6.65. The van der Waals surface area contributed by atoms with E-state index in [1.165, 1.54) is 0 Å². The number of halogens is 1. The van der Waals surface area contributed by atoms with Crippen LogP contribution in [0, 0.1) is 18.8 Å². The number of nitrogens with zero attached hydrogens (tertiary/aromatic N) is 3. The van der Waals surface area contributed by atoms with Crippen LogP contribution in [0.1, 0.15) is 22.5 Å². The minimum Gasteiger partial charge on any atom is -0.338 e. The van der Waals surface area contributed by atoms with Crippen molar-refractivity contribution in [3.8, 4) is 0 Å². The van der Waals surface area contributed by atoms with E-state index in [9.17, 15) is 4.79 Å². The molecule has 19 heavy (non-hydrogen) atoms. The molecule has 1 amide bonds. The summed E-state index contributed by atoms with van der Waals surface area (Å²) in [5, 5.41) is 7.67. The lowest BCUT2D eigenvalue weighted by molar-refractivity contribution is 0.0641. The van der Waals surface area contributed by atoms with Crippen molar-refractivity contribution in [3.05, 3.63) is 17.5 Å². The highest BCUT2D eigenvalue weighted by atomic mass is 35.5. The predicted molar refractivity (Wildman–Crippen MR) is 75.6 cm³/mol. The molecule has 2 saturated heterocycles. The summed E-state index contributed by atoms with van der Waals surface area (Å²) >= 11 is 0. The lowest BCUT2D eigenvalue weighted by atomic mass is 9.88. The van der Waals surface area contributed by atoms with Crippen molar-refractivity contribution < 1.29 is 4.79 Å². The summed E-state index contributed by atoms with van der Waals surface area (Å²) in [7, 11) is 1.86. The second-order valence-electron chi connectivity index (χ2n) is 5.52. The van der Waals surface area contributed by atoms with Gasteiger partial charge in [0.15, 0.2) is 0 Å². The molecular weight excluding hydrogens is 264 g/mol. The Bertz CT molecular complexity index is 473. The molecule has 0 radical (unpaired) electrons. The molecule has 106 valence electrons. The Morgan fingerprint density at radius 2 is 2.16 bits per heavy atom. The van der Waals surface area contributed by atoms with Gasteiger partial charge in [0.2, 0.25) is 0 Å². The monoisotopic (exact) mass is 284 g/mol. The van der Waals surface area contributed by atoms with Crippen LogP contribution in [0.3, 0.4) is 0 Å². The van der Waals surface area contributed by atoms with Crippen LogP contribution in [-0.2, 0) is 7.05 Å². The Balaban J connectivity index is 0.00000133. The number of fused-ring (bicyclic) bond motifs is 1. The van der Waals surface area contributed by atoms with Crippen LogP contribution in [0.4, 0.5) is 0 Å². The van der Waals surface area contributed by atoms with E-state index in [0.29, 0.717) is 5.92 Å². The Hall–Kier alpha value is -1.07. The van der Waals surface area contributed by atoms with E-state index in [2.05, 4.69) is 10.4 Å². The number of aromatic nitrogens is 2. The molecule has 0 aromatic carbocycles. The van der Waals surface area contributed by atoms with Crippen molar-refractivity contribution in [2.75, 3.05) is 26.2 Å². The summed E-state index contributed by atoms with van der Waals surface area (Å²) in [6.07, 6.45) is 2.96. The van der Waals surface area contributed by atoms with Crippen molar-refractivity contribution >= 4 is 18.3 Å². The zero-order valence-corrected chi connectivity index (χ0v) is 12.2. The van der Waals surface area contributed by atoms with Gasteiger partial charge >= 0.3 is 0 Å². The van der Waals surface area contributed by atoms with Crippen LogP contribution in [0.25, 0.3) is 0 Å². The van der Waals surface area contributed by atoms with Gasteiger partial charge < -0.3 is 10.2 Å². The van der Waals surface area contributed by atoms with E-state index < -0.39 is 0 Å². The molecule has 2 aliphatic rings. The molecule has 3 heterocycles. The highest BCUT2D eigenvalue weighted by Gasteiger charge is 2.35. The standard InChI is InChI=1S/C13H20N4O.ClH/c1-9-12(8-16(2)15-9)13(18)17-4-3-10-5-14-6-11(10)7-17;/h8,10-11,14H,3-7H2,1-2H3;1H. The molecule has 2 aliphatic heterocycles. The minimum absolute atomic E-state index is 0. The molecule has 1 N–H and O–H groups in total. The lowest BCUT2D eigenvalue weighted by Gasteiger charge is -2.34. The van der Waals surface area contributed by atoms with Crippen LogP contribution < -0.4 is 5.32 Å². The zero-order chi connectivity index (χ0) is 12.7. The maximum absolute atomic E-state index is 12.5. The van der Waals surface area contributed by atoms with Crippen LogP contribution in [0.5, 0.6) is 0 Å². The van der Waals surface area contributed by atoms with Crippen LogP contribution in [-0.4, -0.2) is 46.8 Å². The van der Waals surface area contributed by atoms with E-state index in [-0.39, 0.29) is 18.3 Å². The summed E-state index contributed by atoms with van der Waals surface area (Å²) < 4.78 is 1.71. The number of carbonyl (C=O) groups excluding carboxylic acids is 1. The average Bonchev–Trinajstić information content (AvgIpc) is 2.93. The molecule has 5 nitrogen and oxygen atoms in total. The van der Waals surface area contributed by atoms with Crippen molar-refractivity contribution in [1.82, 2.24) is 20.0 Å². The molecule has 2 fully saturated rings. The van der Waals surface area contributed by atoms with Crippen LogP contribution in [0.15, 0.2) is 6.20 Å². The van der Waals surface area contributed by atoms with E-state index in [1.807, 2.05) is 25.1 Å². The first kappa shape index (κ1) is 14.3. The summed E-state index contributed by atoms with van der Waals surface area (Å²) in [6.45, 7) is 5.86. The second kappa shape index (κ2) is 5.51. The molecule has 3 rings (SSSR count). The molecular formula is C13H21ClN4O. The Labute approximate surface area is 119 Å². The van der Waals surface area contributed by atoms with E-state index in [1.54, 1.807) is 4.68 Å². The average molecular weight is 285 g/mol. The van der Waals surface area contributed by atoms with E-state index in [0.717, 1.165) is 49.8 Å². The number of likely N-dealkylation sites (tertiary alicyclic amines) is 1. The minimum atomic E-state index is 0. The third-order valence-electron chi connectivity index (χ3n) is 4.24. The van der Waals surface area contributed by atoms with Crippen molar-refractivity contribution in [1.29, 1.82) is 0 Å². The molecule has 2 unspecified atom stereocenters. The molecule has 0 saturated carbocycles. The highest BCUT2D eigenvalue weighted by molar-refractivity contribution is 5.95. The van der Waals surface area contributed by atoms with E-state index >= 15 is 0 Å². The fourth-order valence-electron chi connectivity index (χ4n) is 3.20. The topological polar surface area (TPSA) is 50.2 Å². The fraction of sp³-hybridized carbons (Fsp3) is 0.692. The third-order valence-corrected chi connectivity index (χ3v) is 4.24. The van der Waals surface area contributed by atoms with Gasteiger partial charge in [-0.3, -0.25) is 9.48 Å². The van der Waals surface area contributed by atoms with Crippen molar-refractivity contribution in [2.24, 2.45) is 18.9 Å². The lowest BCUT2D eigenvalue weighted by Crippen LogP contribution is -2.43. The molecule has 1 aromatic rings. The van der Waals surface area contributed by atoms with Gasteiger partial charge in [0.1, 0.15) is 0 Å². The number of carbonyl (C=O) groups is 1. The van der Waals surface area contributed by atoms with Crippen molar-refractivity contribution in [2.45, 2.75) is 13.3 Å². The highest BCUT2D eigenvalue weighted by Crippen LogP contribution is 2.27. The van der Waals surface area contributed by atoms with Gasteiger partial charge in [-0.1, -0.05) is 0 Å². The van der Waals surface area contributed by atoms with Gasteiger partial charge in [0.25, 0.3) is 5.91 Å². The Morgan fingerprint density at radius 1 is 1.42 bits per heavy atom. The van der Waals surface area contributed by atoms with E-state index in [4.69, 9.17) is 0 Å². The molecule has 2 atom stereocenters. The molecule has 1 aromatic heterocycles. The maximum Gasteiger partial charge on any atom is 0.257 e. The van der Waals surface area contributed by atoms with Gasteiger partial charge in [-0.05, 0) is 38.3 Å². The number of rotatable bonds is 1. The maximum atomic E-state index is 12.5. The molecule has 6 heteroatoms. The smallest absolute Gasteiger partial charge is 0.257 e. The van der Waals surface area contributed by atoms with Crippen LogP contribution in [0.2, 0.25) is 0 Å². The van der Waals surface area contributed by atoms with Crippen LogP contribution >= 0.6 is 12.4 Å². The number of nitrogens with one attached hydrogen (secondary N) is 1. The zero-order valence-electron chi connectivity index (χ0n) is 11.4. The number of aryl methyl sites for hydroxylation is 2. The quantitative estimate of drug-likeness (QED) is 0.831. The Morgan fingerprint density at radius 3 is 2.84 bits per heavy atom. The SMILES string of the molecule is Cc1nn(C)cc1C(=O)N1CCC2CNCC2C1.Cl. The summed E-state index contributed by atoms with van der Waals surface area (Å²) in [5.74, 6) is 1.55. The second-order valence-corrected chi connectivity index (χ2v) is 5.52. The first-order valence-electron chi connectivity index (χ1n) is 6.65. The van der Waals surface area contributed by atoms with Crippen molar-refractivity contribution in [3.63, 3.8) is 0 Å². The fourth-order valence-corrected chi connectivity index (χ4v) is 3.20. The summed E-state index contributed by atoms with van der Waals surface area (Å²) in [6, 6.07) is 0.